The Labute approximate surface area is 136 Å². The van der Waals surface area contributed by atoms with Crippen molar-refractivity contribution in [3.63, 3.8) is 0 Å². The predicted molar refractivity (Wildman–Crippen MR) is 94.3 cm³/mol. The number of rotatable bonds is 3. The second-order valence-corrected chi connectivity index (χ2v) is 6.04. The Morgan fingerprint density at radius 3 is 2.74 bits per heavy atom. The predicted octanol–water partition coefficient (Wildman–Crippen LogP) is 4.24. The number of hydrogen-bond donors (Lipinski definition) is 0. The molecule has 1 aliphatic rings. The van der Waals surface area contributed by atoms with Crippen LogP contribution in [0.4, 0.5) is 5.82 Å². The number of ether oxygens (including phenoxy) is 1. The van der Waals surface area contributed by atoms with Crippen molar-refractivity contribution in [3.8, 4) is 5.75 Å². The minimum atomic E-state index is 0.499. The zero-order valence-corrected chi connectivity index (χ0v) is 13.3. The fourth-order valence-corrected chi connectivity index (χ4v) is 3.46. The summed E-state index contributed by atoms with van der Waals surface area (Å²) in [6.07, 6.45) is 1.13. The van der Waals surface area contributed by atoms with Gasteiger partial charge in [0.2, 0.25) is 0 Å². The number of benzene rings is 2. The van der Waals surface area contributed by atoms with E-state index in [0.717, 1.165) is 36.6 Å². The Kier molecular flexibility index (Phi) is 3.62. The summed E-state index contributed by atoms with van der Waals surface area (Å²) in [7, 11) is 1.75. The molecule has 2 aromatic carbocycles. The highest BCUT2D eigenvalue weighted by molar-refractivity contribution is 5.80. The first-order valence-electron chi connectivity index (χ1n) is 8.09. The summed E-state index contributed by atoms with van der Waals surface area (Å²) < 4.78 is 5.52. The third-order valence-electron chi connectivity index (χ3n) is 4.67. The lowest BCUT2D eigenvalue weighted by Gasteiger charge is -2.19. The molecule has 3 nitrogen and oxygen atoms in total. The molecular weight excluding hydrogens is 284 g/mol. The standard InChI is InChI=1S/C20H20N2O/c1-23-19-9-5-3-7-17(19)16-12-13-22(14-16)20-11-10-15-6-2-4-8-18(15)21-20/h2-11,16H,12-14H2,1H3. The number of nitrogens with zero attached hydrogens (tertiary/aromatic N) is 2. The summed E-state index contributed by atoms with van der Waals surface area (Å²) in [5, 5.41) is 1.19. The summed E-state index contributed by atoms with van der Waals surface area (Å²) in [4.78, 5) is 7.20. The summed E-state index contributed by atoms with van der Waals surface area (Å²) in [6, 6.07) is 20.9. The summed E-state index contributed by atoms with van der Waals surface area (Å²) in [5.41, 5.74) is 2.36. The van der Waals surface area contributed by atoms with Gasteiger partial charge in [0.05, 0.1) is 12.6 Å². The van der Waals surface area contributed by atoms with Crippen molar-refractivity contribution in [1.82, 2.24) is 4.98 Å². The molecule has 0 radical (unpaired) electrons. The molecule has 1 saturated heterocycles. The van der Waals surface area contributed by atoms with Crippen LogP contribution in [-0.2, 0) is 0 Å². The van der Waals surface area contributed by atoms with E-state index in [4.69, 9.17) is 9.72 Å². The number of anilines is 1. The molecule has 4 rings (SSSR count). The van der Waals surface area contributed by atoms with E-state index in [2.05, 4.69) is 47.4 Å². The van der Waals surface area contributed by atoms with E-state index < -0.39 is 0 Å². The Hall–Kier alpha value is -2.55. The van der Waals surface area contributed by atoms with Crippen molar-refractivity contribution < 1.29 is 4.74 Å². The molecular formula is C20H20N2O. The van der Waals surface area contributed by atoms with E-state index >= 15 is 0 Å². The molecule has 1 unspecified atom stereocenters. The van der Waals surface area contributed by atoms with Crippen LogP contribution in [0, 0.1) is 0 Å². The Balaban J connectivity index is 1.59. The van der Waals surface area contributed by atoms with Crippen LogP contribution in [0.3, 0.4) is 0 Å². The summed E-state index contributed by atoms with van der Waals surface area (Å²) in [5.74, 6) is 2.56. The smallest absolute Gasteiger partial charge is 0.129 e. The van der Waals surface area contributed by atoms with Gasteiger partial charge in [-0.3, -0.25) is 0 Å². The quantitative estimate of drug-likeness (QED) is 0.724. The molecule has 2 heterocycles. The van der Waals surface area contributed by atoms with Gasteiger partial charge in [-0.15, -0.1) is 0 Å². The van der Waals surface area contributed by atoms with Crippen molar-refractivity contribution in [2.75, 3.05) is 25.1 Å². The number of pyridine rings is 1. The molecule has 0 N–H and O–H groups in total. The van der Waals surface area contributed by atoms with Crippen molar-refractivity contribution in [3.05, 3.63) is 66.2 Å². The molecule has 23 heavy (non-hydrogen) atoms. The lowest BCUT2D eigenvalue weighted by molar-refractivity contribution is 0.406. The average molecular weight is 304 g/mol. The third kappa shape index (κ3) is 2.63. The van der Waals surface area contributed by atoms with Crippen LogP contribution in [0.25, 0.3) is 10.9 Å². The third-order valence-corrected chi connectivity index (χ3v) is 4.67. The van der Waals surface area contributed by atoms with Crippen LogP contribution in [0.15, 0.2) is 60.7 Å². The lowest BCUT2D eigenvalue weighted by atomic mass is 9.97. The molecule has 1 fully saturated rings. The molecule has 1 aromatic heterocycles. The zero-order chi connectivity index (χ0) is 15.6. The van der Waals surface area contributed by atoms with Crippen LogP contribution in [0.1, 0.15) is 17.9 Å². The van der Waals surface area contributed by atoms with Gasteiger partial charge in [-0.2, -0.15) is 0 Å². The lowest BCUT2D eigenvalue weighted by Crippen LogP contribution is -2.20. The maximum absolute atomic E-state index is 5.52. The zero-order valence-electron chi connectivity index (χ0n) is 13.3. The van der Waals surface area contributed by atoms with Gasteiger partial charge >= 0.3 is 0 Å². The second-order valence-electron chi connectivity index (χ2n) is 6.04. The molecule has 3 heteroatoms. The summed E-state index contributed by atoms with van der Waals surface area (Å²) >= 11 is 0. The van der Waals surface area contributed by atoms with E-state index in [9.17, 15) is 0 Å². The molecule has 0 aliphatic carbocycles. The van der Waals surface area contributed by atoms with E-state index in [0.29, 0.717) is 5.92 Å². The van der Waals surface area contributed by atoms with Gasteiger partial charge < -0.3 is 9.64 Å². The molecule has 0 saturated carbocycles. The molecule has 1 atom stereocenters. The topological polar surface area (TPSA) is 25.4 Å². The minimum absolute atomic E-state index is 0.499. The van der Waals surface area contributed by atoms with Gasteiger partial charge in [0.25, 0.3) is 0 Å². The number of fused-ring (bicyclic) bond motifs is 1. The highest BCUT2D eigenvalue weighted by atomic mass is 16.5. The van der Waals surface area contributed by atoms with Gasteiger partial charge in [0.15, 0.2) is 0 Å². The number of hydrogen-bond acceptors (Lipinski definition) is 3. The average Bonchev–Trinajstić information content (AvgIpc) is 3.11. The maximum atomic E-state index is 5.52. The fourth-order valence-electron chi connectivity index (χ4n) is 3.46. The van der Waals surface area contributed by atoms with Crippen LogP contribution >= 0.6 is 0 Å². The minimum Gasteiger partial charge on any atom is -0.496 e. The van der Waals surface area contributed by atoms with Crippen molar-refractivity contribution in [2.24, 2.45) is 0 Å². The van der Waals surface area contributed by atoms with Crippen molar-refractivity contribution >= 4 is 16.7 Å². The second kappa shape index (κ2) is 5.92. The van der Waals surface area contributed by atoms with E-state index in [-0.39, 0.29) is 0 Å². The number of aromatic nitrogens is 1. The maximum Gasteiger partial charge on any atom is 0.129 e. The van der Waals surface area contributed by atoms with Crippen LogP contribution < -0.4 is 9.64 Å². The van der Waals surface area contributed by atoms with Crippen molar-refractivity contribution in [2.45, 2.75) is 12.3 Å². The Morgan fingerprint density at radius 2 is 1.83 bits per heavy atom. The van der Waals surface area contributed by atoms with Gasteiger partial charge in [0.1, 0.15) is 11.6 Å². The SMILES string of the molecule is COc1ccccc1C1CCN(c2ccc3ccccc3n2)C1. The largest absolute Gasteiger partial charge is 0.496 e. The van der Waals surface area contributed by atoms with Crippen LogP contribution in [-0.4, -0.2) is 25.2 Å². The molecule has 0 spiro atoms. The van der Waals surface area contributed by atoms with E-state index in [1.54, 1.807) is 7.11 Å². The van der Waals surface area contributed by atoms with Gasteiger partial charge in [-0.05, 0) is 36.2 Å². The first-order chi connectivity index (χ1) is 11.3. The molecule has 116 valence electrons. The Morgan fingerprint density at radius 1 is 1.00 bits per heavy atom. The monoisotopic (exact) mass is 304 g/mol. The molecule has 3 aromatic rings. The summed E-state index contributed by atoms with van der Waals surface area (Å²) in [6.45, 7) is 2.03. The number of para-hydroxylation sites is 2. The highest BCUT2D eigenvalue weighted by Crippen LogP contribution is 2.35. The molecule has 0 amide bonds. The van der Waals surface area contributed by atoms with Crippen molar-refractivity contribution in [1.29, 1.82) is 0 Å². The highest BCUT2D eigenvalue weighted by Gasteiger charge is 2.26. The van der Waals surface area contributed by atoms with Crippen LogP contribution in [0.5, 0.6) is 5.75 Å². The van der Waals surface area contributed by atoms with E-state index in [1.807, 2.05) is 18.2 Å². The van der Waals surface area contributed by atoms with Gasteiger partial charge in [-0.1, -0.05) is 36.4 Å². The number of methoxy groups -OCH3 is 1. The van der Waals surface area contributed by atoms with Gasteiger partial charge in [0, 0.05) is 24.4 Å². The van der Waals surface area contributed by atoms with Gasteiger partial charge in [-0.25, -0.2) is 4.98 Å². The van der Waals surface area contributed by atoms with Crippen LogP contribution in [0.2, 0.25) is 0 Å². The van der Waals surface area contributed by atoms with E-state index in [1.165, 1.54) is 10.9 Å². The molecule has 1 aliphatic heterocycles. The first-order valence-corrected chi connectivity index (χ1v) is 8.09. The first kappa shape index (κ1) is 14.1. The Bertz CT molecular complexity index is 830. The fraction of sp³-hybridized carbons (Fsp3) is 0.250. The molecule has 0 bridgehead atoms. The normalized spacial score (nSPS) is 17.6.